The quantitative estimate of drug-likeness (QED) is 0.647. The van der Waals surface area contributed by atoms with Crippen molar-refractivity contribution in [3.63, 3.8) is 0 Å². The van der Waals surface area contributed by atoms with Crippen LogP contribution in [0.15, 0.2) is 10.8 Å². The SMILES string of the molecule is N#Cc1cscc1NC=O. The third-order valence-electron chi connectivity index (χ3n) is 0.997. The number of rotatable bonds is 2. The summed E-state index contributed by atoms with van der Waals surface area (Å²) < 4.78 is 0. The number of amides is 1. The molecule has 1 heterocycles. The Balaban J connectivity index is 2.92. The van der Waals surface area contributed by atoms with Gasteiger partial charge in [-0.3, -0.25) is 4.79 Å². The molecule has 1 aromatic rings. The highest BCUT2D eigenvalue weighted by molar-refractivity contribution is 7.08. The summed E-state index contributed by atoms with van der Waals surface area (Å²) >= 11 is 1.39. The number of thiophene rings is 1. The molecule has 1 aromatic heterocycles. The number of anilines is 1. The Morgan fingerprint density at radius 1 is 1.70 bits per heavy atom. The lowest BCUT2D eigenvalue weighted by Crippen LogP contribution is -1.92. The molecule has 0 fully saturated rings. The number of nitriles is 1. The molecule has 0 saturated carbocycles. The molecule has 0 saturated heterocycles. The highest BCUT2D eigenvalue weighted by Gasteiger charge is 1.99. The summed E-state index contributed by atoms with van der Waals surface area (Å²) in [5.41, 5.74) is 1.10. The Hall–Kier alpha value is -1.34. The summed E-state index contributed by atoms with van der Waals surface area (Å²) in [5, 5.41) is 14.3. The van der Waals surface area contributed by atoms with E-state index in [1.807, 2.05) is 6.07 Å². The highest BCUT2D eigenvalue weighted by atomic mass is 32.1. The van der Waals surface area contributed by atoms with E-state index in [0.717, 1.165) is 0 Å². The van der Waals surface area contributed by atoms with Crippen LogP contribution in [0.5, 0.6) is 0 Å². The van der Waals surface area contributed by atoms with Crippen molar-refractivity contribution < 1.29 is 4.79 Å². The molecule has 3 nitrogen and oxygen atoms in total. The second-order valence-electron chi connectivity index (χ2n) is 1.57. The first-order valence-electron chi connectivity index (χ1n) is 2.55. The summed E-state index contributed by atoms with van der Waals surface area (Å²) in [6, 6.07) is 1.95. The lowest BCUT2D eigenvalue weighted by molar-refractivity contribution is -0.105. The lowest BCUT2D eigenvalue weighted by Gasteiger charge is -1.89. The molecule has 4 heteroatoms. The molecule has 0 bridgehead atoms. The van der Waals surface area contributed by atoms with E-state index >= 15 is 0 Å². The van der Waals surface area contributed by atoms with Gasteiger partial charge in [0.05, 0.1) is 11.3 Å². The molecule has 0 aliphatic carbocycles. The van der Waals surface area contributed by atoms with E-state index in [2.05, 4.69) is 5.32 Å². The van der Waals surface area contributed by atoms with E-state index < -0.39 is 0 Å². The number of carbonyl (C=O) groups excluding carboxylic acids is 1. The van der Waals surface area contributed by atoms with Gasteiger partial charge in [-0.1, -0.05) is 0 Å². The summed E-state index contributed by atoms with van der Waals surface area (Å²) in [5.74, 6) is 0. The minimum Gasteiger partial charge on any atom is -0.327 e. The van der Waals surface area contributed by atoms with Gasteiger partial charge in [0.15, 0.2) is 0 Å². The minimum atomic E-state index is 0.511. The van der Waals surface area contributed by atoms with Crippen molar-refractivity contribution in [3.05, 3.63) is 16.3 Å². The first-order chi connectivity index (χ1) is 4.88. The van der Waals surface area contributed by atoms with E-state index in [0.29, 0.717) is 17.7 Å². The van der Waals surface area contributed by atoms with Crippen molar-refractivity contribution in [2.75, 3.05) is 5.32 Å². The Morgan fingerprint density at radius 2 is 2.50 bits per heavy atom. The van der Waals surface area contributed by atoms with Gasteiger partial charge in [-0.05, 0) is 0 Å². The fourth-order valence-electron chi connectivity index (χ4n) is 0.559. The van der Waals surface area contributed by atoms with Crippen LogP contribution >= 0.6 is 11.3 Å². The zero-order valence-corrected chi connectivity index (χ0v) is 5.81. The molecule has 10 heavy (non-hydrogen) atoms. The smallest absolute Gasteiger partial charge is 0.211 e. The van der Waals surface area contributed by atoms with Gasteiger partial charge in [-0.25, -0.2) is 0 Å². The predicted molar refractivity (Wildman–Crippen MR) is 38.7 cm³/mol. The van der Waals surface area contributed by atoms with Crippen molar-refractivity contribution in [1.29, 1.82) is 5.26 Å². The van der Waals surface area contributed by atoms with Gasteiger partial charge in [-0.15, -0.1) is 11.3 Å². The summed E-state index contributed by atoms with van der Waals surface area (Å²) in [6.07, 6.45) is 0.558. The Bertz CT molecular complexity index is 274. The van der Waals surface area contributed by atoms with Crippen LogP contribution in [0.1, 0.15) is 5.56 Å². The fraction of sp³-hybridized carbons (Fsp3) is 0. The summed E-state index contributed by atoms with van der Waals surface area (Å²) in [6.45, 7) is 0. The van der Waals surface area contributed by atoms with Crippen LogP contribution < -0.4 is 5.32 Å². The van der Waals surface area contributed by atoms with Crippen LogP contribution in [0, 0.1) is 11.3 Å². The second-order valence-corrected chi connectivity index (χ2v) is 2.32. The highest BCUT2D eigenvalue weighted by Crippen LogP contribution is 2.18. The van der Waals surface area contributed by atoms with Gasteiger partial charge in [0.2, 0.25) is 6.41 Å². The van der Waals surface area contributed by atoms with Gasteiger partial charge in [-0.2, -0.15) is 5.26 Å². The molecule has 0 aliphatic heterocycles. The second kappa shape index (κ2) is 2.99. The zero-order chi connectivity index (χ0) is 7.40. The fourth-order valence-corrected chi connectivity index (χ4v) is 1.27. The van der Waals surface area contributed by atoms with Crippen LogP contribution in [0.4, 0.5) is 5.69 Å². The molecule has 0 atom stereocenters. The number of carbonyl (C=O) groups is 1. The first-order valence-corrected chi connectivity index (χ1v) is 3.49. The van der Waals surface area contributed by atoms with E-state index in [4.69, 9.17) is 5.26 Å². The Morgan fingerprint density at radius 3 is 3.10 bits per heavy atom. The van der Waals surface area contributed by atoms with E-state index in [1.165, 1.54) is 11.3 Å². The number of hydrogen-bond donors (Lipinski definition) is 1. The Labute approximate surface area is 61.9 Å². The normalized spacial score (nSPS) is 8.30. The molecular weight excluding hydrogens is 148 g/mol. The minimum absolute atomic E-state index is 0.511. The third-order valence-corrected chi connectivity index (χ3v) is 1.74. The van der Waals surface area contributed by atoms with Crippen LogP contribution in [0.25, 0.3) is 0 Å². The van der Waals surface area contributed by atoms with Crippen LogP contribution in [-0.4, -0.2) is 6.41 Å². The summed E-state index contributed by atoms with van der Waals surface area (Å²) in [7, 11) is 0. The van der Waals surface area contributed by atoms with Crippen molar-refractivity contribution in [3.8, 4) is 6.07 Å². The average molecular weight is 152 g/mol. The standard InChI is InChI=1S/C6H4N2OS/c7-1-5-2-10-3-6(5)8-4-9/h2-4H,(H,8,9). The molecule has 0 radical (unpaired) electrons. The molecule has 0 unspecified atom stereocenters. The molecule has 1 rings (SSSR count). The van der Waals surface area contributed by atoms with Gasteiger partial charge in [0.25, 0.3) is 0 Å². The monoisotopic (exact) mass is 152 g/mol. The van der Waals surface area contributed by atoms with Crippen molar-refractivity contribution in [1.82, 2.24) is 0 Å². The van der Waals surface area contributed by atoms with Gasteiger partial charge >= 0.3 is 0 Å². The van der Waals surface area contributed by atoms with Gasteiger partial charge in [0.1, 0.15) is 6.07 Å². The number of hydrogen-bond acceptors (Lipinski definition) is 3. The van der Waals surface area contributed by atoms with Crippen molar-refractivity contribution in [2.24, 2.45) is 0 Å². The van der Waals surface area contributed by atoms with Crippen LogP contribution in [0.2, 0.25) is 0 Å². The summed E-state index contributed by atoms with van der Waals surface area (Å²) in [4.78, 5) is 9.92. The number of nitrogens with one attached hydrogen (secondary N) is 1. The average Bonchev–Trinajstić information content (AvgIpc) is 2.36. The zero-order valence-electron chi connectivity index (χ0n) is 5.00. The Kier molecular flexibility index (Phi) is 2.03. The van der Waals surface area contributed by atoms with E-state index in [9.17, 15) is 4.79 Å². The maximum atomic E-state index is 9.92. The molecule has 0 spiro atoms. The third kappa shape index (κ3) is 1.14. The van der Waals surface area contributed by atoms with Gasteiger partial charge in [0, 0.05) is 10.8 Å². The van der Waals surface area contributed by atoms with Crippen LogP contribution in [0.3, 0.4) is 0 Å². The van der Waals surface area contributed by atoms with E-state index in [1.54, 1.807) is 10.8 Å². The molecule has 0 aromatic carbocycles. The maximum absolute atomic E-state index is 9.92. The topological polar surface area (TPSA) is 52.9 Å². The number of nitrogens with zero attached hydrogens (tertiary/aromatic N) is 1. The van der Waals surface area contributed by atoms with Crippen molar-refractivity contribution in [2.45, 2.75) is 0 Å². The molecule has 1 amide bonds. The van der Waals surface area contributed by atoms with Crippen molar-refractivity contribution >= 4 is 23.4 Å². The molecule has 0 aliphatic rings. The molecule has 1 N–H and O–H groups in total. The first kappa shape index (κ1) is 6.78. The molecule has 50 valence electrons. The molecular formula is C6H4N2OS. The lowest BCUT2D eigenvalue weighted by atomic mass is 10.3. The van der Waals surface area contributed by atoms with Crippen LogP contribution in [-0.2, 0) is 4.79 Å². The predicted octanol–water partition coefficient (Wildman–Crippen LogP) is 1.19. The van der Waals surface area contributed by atoms with Gasteiger partial charge < -0.3 is 5.32 Å². The largest absolute Gasteiger partial charge is 0.327 e. The maximum Gasteiger partial charge on any atom is 0.211 e. The van der Waals surface area contributed by atoms with E-state index in [-0.39, 0.29) is 0 Å².